The number of amides is 1. The smallest absolute Gasteiger partial charge is 0.310 e. The lowest BCUT2D eigenvalue weighted by Crippen LogP contribution is -2.42. The Morgan fingerprint density at radius 2 is 2.15 bits per heavy atom. The third-order valence-electron chi connectivity index (χ3n) is 5.77. The van der Waals surface area contributed by atoms with E-state index in [1.807, 2.05) is 11.0 Å². The van der Waals surface area contributed by atoms with E-state index in [2.05, 4.69) is 6.58 Å². The summed E-state index contributed by atoms with van der Waals surface area (Å²) < 4.78 is 7.07. The normalized spacial score (nSPS) is 19.7. The number of aromatic nitrogens is 1. The second kappa shape index (κ2) is 10.4. The van der Waals surface area contributed by atoms with Crippen LogP contribution in [0.2, 0.25) is 0 Å². The van der Waals surface area contributed by atoms with Crippen LogP contribution in [0.4, 0.5) is 5.82 Å². The Morgan fingerprint density at radius 3 is 2.79 bits per heavy atom. The number of anilines is 1. The Balaban J connectivity index is 2.14. The van der Waals surface area contributed by atoms with Gasteiger partial charge in [0.25, 0.3) is 11.5 Å². The molecule has 3 heterocycles. The largest absolute Gasteiger partial charge is 0.466 e. The van der Waals surface area contributed by atoms with Gasteiger partial charge in [-0.1, -0.05) is 30.1 Å². The molecule has 0 bridgehead atoms. The quantitative estimate of drug-likeness (QED) is 0.262. The molecule has 33 heavy (non-hydrogen) atoms. The number of ether oxygens (including phenoxy) is 1. The third kappa shape index (κ3) is 4.75. The zero-order chi connectivity index (χ0) is 24.3. The highest BCUT2D eigenvalue weighted by Gasteiger charge is 2.34. The fourth-order valence-electron chi connectivity index (χ4n) is 4.13. The number of pyridine rings is 1. The number of piperidine rings is 1. The number of thioether (sulfide) groups is 1. The second-order valence-corrected chi connectivity index (χ2v) is 9.51. The summed E-state index contributed by atoms with van der Waals surface area (Å²) in [5, 5.41) is 9.62. The average molecular weight is 487 g/mol. The van der Waals surface area contributed by atoms with Crippen LogP contribution in [0.15, 0.2) is 22.4 Å². The molecule has 1 amide bonds. The summed E-state index contributed by atoms with van der Waals surface area (Å²) in [4.78, 5) is 42.1. The van der Waals surface area contributed by atoms with Gasteiger partial charge in [0.05, 0.1) is 17.4 Å². The molecule has 8 nitrogen and oxygen atoms in total. The van der Waals surface area contributed by atoms with E-state index in [0.717, 1.165) is 6.42 Å². The van der Waals surface area contributed by atoms with Gasteiger partial charge in [0, 0.05) is 32.2 Å². The van der Waals surface area contributed by atoms with Crippen LogP contribution in [0.5, 0.6) is 0 Å². The van der Waals surface area contributed by atoms with Crippen molar-refractivity contribution in [1.82, 2.24) is 9.47 Å². The van der Waals surface area contributed by atoms with Crippen LogP contribution in [0.3, 0.4) is 0 Å². The van der Waals surface area contributed by atoms with Crippen LogP contribution < -0.4 is 10.5 Å². The minimum atomic E-state index is -0.417. The van der Waals surface area contributed by atoms with E-state index < -0.39 is 5.56 Å². The van der Waals surface area contributed by atoms with Crippen molar-refractivity contribution in [2.45, 2.75) is 26.7 Å². The zero-order valence-electron chi connectivity index (χ0n) is 18.9. The first-order chi connectivity index (χ1) is 15.7. The zero-order valence-corrected chi connectivity index (χ0v) is 20.6. The van der Waals surface area contributed by atoms with Crippen LogP contribution >= 0.6 is 24.0 Å². The molecule has 3 rings (SSSR count). The highest BCUT2D eigenvalue weighted by atomic mass is 32.2. The molecular weight excluding hydrogens is 460 g/mol. The molecule has 2 saturated heterocycles. The molecule has 2 fully saturated rings. The molecule has 0 radical (unpaired) electrons. The fourth-order valence-corrected chi connectivity index (χ4v) is 5.39. The van der Waals surface area contributed by atoms with Gasteiger partial charge in [-0.25, -0.2) is 0 Å². The number of carbonyl (C=O) groups excluding carboxylic acids is 2. The summed E-state index contributed by atoms with van der Waals surface area (Å²) in [7, 11) is 1.60. The maximum atomic E-state index is 12.9. The number of hydrogen-bond acceptors (Lipinski definition) is 8. The van der Waals surface area contributed by atoms with Crippen LogP contribution in [0.25, 0.3) is 6.08 Å². The predicted molar refractivity (Wildman–Crippen MR) is 133 cm³/mol. The van der Waals surface area contributed by atoms with Gasteiger partial charge >= 0.3 is 5.97 Å². The fraction of sp³-hybridized carbons (Fsp3) is 0.435. The Hall–Kier alpha value is -2.90. The van der Waals surface area contributed by atoms with Crippen molar-refractivity contribution in [2.75, 3.05) is 31.1 Å². The van der Waals surface area contributed by atoms with Gasteiger partial charge in [0.2, 0.25) is 0 Å². The summed E-state index contributed by atoms with van der Waals surface area (Å²) >= 11 is 6.52. The molecule has 10 heteroatoms. The highest BCUT2D eigenvalue weighted by molar-refractivity contribution is 8.26. The number of nitrogens with zero attached hydrogens (tertiary/aromatic N) is 4. The van der Waals surface area contributed by atoms with E-state index >= 15 is 0 Å². The lowest BCUT2D eigenvalue weighted by Gasteiger charge is -2.35. The molecule has 2 aliphatic heterocycles. The van der Waals surface area contributed by atoms with E-state index in [1.54, 1.807) is 33.0 Å². The second-order valence-electron chi connectivity index (χ2n) is 7.83. The molecule has 0 aromatic carbocycles. The first kappa shape index (κ1) is 24.7. The average Bonchev–Trinajstić information content (AvgIpc) is 3.06. The van der Waals surface area contributed by atoms with E-state index in [9.17, 15) is 19.6 Å². The van der Waals surface area contributed by atoms with Crippen molar-refractivity contribution >= 4 is 52.1 Å². The van der Waals surface area contributed by atoms with Crippen LogP contribution in [0.1, 0.15) is 36.5 Å². The highest BCUT2D eigenvalue weighted by Crippen LogP contribution is 2.36. The number of carbonyl (C=O) groups is 2. The van der Waals surface area contributed by atoms with Crippen molar-refractivity contribution in [3.05, 3.63) is 44.6 Å². The van der Waals surface area contributed by atoms with Gasteiger partial charge < -0.3 is 9.64 Å². The van der Waals surface area contributed by atoms with Crippen molar-refractivity contribution in [3.63, 3.8) is 0 Å². The Bertz CT molecular complexity index is 1150. The summed E-state index contributed by atoms with van der Waals surface area (Å²) in [6.45, 7) is 8.77. The molecule has 1 aromatic heterocycles. The maximum absolute atomic E-state index is 12.9. The molecule has 1 atom stereocenters. The van der Waals surface area contributed by atoms with Crippen molar-refractivity contribution in [3.8, 4) is 6.07 Å². The summed E-state index contributed by atoms with van der Waals surface area (Å²) in [6, 6.07) is 2.00. The van der Waals surface area contributed by atoms with E-state index in [0.29, 0.717) is 58.8 Å². The van der Waals surface area contributed by atoms with E-state index in [1.165, 1.54) is 21.2 Å². The molecule has 0 N–H and O–H groups in total. The minimum Gasteiger partial charge on any atom is -0.466 e. The minimum absolute atomic E-state index is 0.0213. The number of hydrogen-bond donors (Lipinski definition) is 0. The first-order valence-corrected chi connectivity index (χ1v) is 11.9. The van der Waals surface area contributed by atoms with Crippen molar-refractivity contribution in [1.29, 1.82) is 5.26 Å². The molecule has 1 aromatic rings. The number of thiocarbonyl (C=S) groups is 1. The molecular formula is C23H26N4O4S2. The predicted octanol–water partition coefficient (Wildman–Crippen LogP) is 2.73. The van der Waals surface area contributed by atoms with Crippen LogP contribution in [-0.2, 0) is 21.4 Å². The van der Waals surface area contributed by atoms with Crippen LogP contribution in [-0.4, -0.2) is 51.9 Å². The van der Waals surface area contributed by atoms with Gasteiger partial charge in [-0.2, -0.15) is 5.26 Å². The Labute approximate surface area is 202 Å². The van der Waals surface area contributed by atoms with Gasteiger partial charge in [-0.05, 0) is 38.3 Å². The lowest BCUT2D eigenvalue weighted by atomic mass is 9.96. The maximum Gasteiger partial charge on any atom is 0.310 e. The summed E-state index contributed by atoms with van der Waals surface area (Å²) in [5.41, 5.74) is 0.688. The molecule has 174 valence electrons. The van der Waals surface area contributed by atoms with Crippen molar-refractivity contribution in [2.24, 2.45) is 13.0 Å². The standard InChI is InChI=1S/C23H26N4O4S2/c1-5-9-27-21(29)18(33-23(27)32)11-16-14(3)17(12-24)20(28)25(4)19(16)26-10-7-8-15(13-26)22(30)31-6-2/h5,11,15H,1,6-10,13H2,2-4H3/b18-11-. The number of rotatable bonds is 6. The van der Waals surface area contributed by atoms with Crippen LogP contribution in [0, 0.1) is 24.2 Å². The molecule has 1 unspecified atom stereocenters. The third-order valence-corrected chi connectivity index (χ3v) is 7.15. The van der Waals surface area contributed by atoms with E-state index in [-0.39, 0.29) is 23.4 Å². The number of nitriles is 1. The Kier molecular flexibility index (Phi) is 7.76. The SMILES string of the molecule is C=CCN1C(=O)/C(=C/c2c(C)c(C#N)c(=O)n(C)c2N2CCCC(C(=O)OCC)C2)SC1=S. The monoisotopic (exact) mass is 486 g/mol. The number of esters is 1. The molecule has 0 aliphatic carbocycles. The molecule has 0 saturated carbocycles. The van der Waals surface area contributed by atoms with Gasteiger partial charge in [-0.15, -0.1) is 6.58 Å². The van der Waals surface area contributed by atoms with E-state index in [4.69, 9.17) is 17.0 Å². The van der Waals surface area contributed by atoms with Crippen molar-refractivity contribution < 1.29 is 14.3 Å². The molecule has 2 aliphatic rings. The molecule has 0 spiro atoms. The Morgan fingerprint density at radius 1 is 1.42 bits per heavy atom. The summed E-state index contributed by atoms with van der Waals surface area (Å²) in [6.07, 6.45) is 4.75. The van der Waals surface area contributed by atoms with Gasteiger partial charge in [0.15, 0.2) is 0 Å². The van der Waals surface area contributed by atoms with Gasteiger partial charge in [0.1, 0.15) is 21.8 Å². The summed E-state index contributed by atoms with van der Waals surface area (Å²) in [5.74, 6) is -0.252. The van der Waals surface area contributed by atoms with Gasteiger partial charge in [-0.3, -0.25) is 23.9 Å². The first-order valence-electron chi connectivity index (χ1n) is 10.7. The lowest BCUT2D eigenvalue weighted by molar-refractivity contribution is -0.148. The topological polar surface area (TPSA) is 95.6 Å².